The van der Waals surface area contributed by atoms with Crippen LogP contribution in [0.4, 0.5) is 0 Å². The number of rotatable bonds is 0. The van der Waals surface area contributed by atoms with Crippen molar-refractivity contribution >= 4 is 61.6 Å². The van der Waals surface area contributed by atoms with Crippen LogP contribution >= 0.6 is 50.7 Å². The Kier molecular flexibility index (Phi) is 2.89. The molecule has 0 saturated carbocycles. The van der Waals surface area contributed by atoms with Gasteiger partial charge in [0.1, 0.15) is 5.15 Å². The molecule has 14 heavy (non-hydrogen) atoms. The fourth-order valence-corrected chi connectivity index (χ4v) is 2.58. The van der Waals surface area contributed by atoms with E-state index < -0.39 is 0 Å². The van der Waals surface area contributed by atoms with Gasteiger partial charge in [-0.3, -0.25) is 0 Å². The molecule has 0 saturated heterocycles. The minimum absolute atomic E-state index is 0.366. The summed E-state index contributed by atoms with van der Waals surface area (Å²) in [5, 5.41) is 2.31. The second-order valence-corrected chi connectivity index (χ2v) is 4.80. The van der Waals surface area contributed by atoms with Crippen molar-refractivity contribution in [2.45, 2.75) is 0 Å². The van der Waals surface area contributed by atoms with Crippen LogP contribution in [0.1, 0.15) is 0 Å². The second-order valence-electron chi connectivity index (χ2n) is 2.71. The highest BCUT2D eigenvalue weighted by Gasteiger charge is 2.07. The topological polar surface area (TPSA) is 12.9 Å². The monoisotopic (exact) mass is 309 g/mol. The van der Waals surface area contributed by atoms with E-state index in [9.17, 15) is 0 Å². The third-order valence-electron chi connectivity index (χ3n) is 1.75. The molecule has 0 aliphatic heterocycles. The Morgan fingerprint density at radius 2 is 1.79 bits per heavy atom. The highest BCUT2D eigenvalue weighted by Crippen LogP contribution is 2.32. The molecule has 0 fully saturated rings. The third-order valence-corrected chi connectivity index (χ3v) is 3.08. The lowest BCUT2D eigenvalue weighted by Crippen LogP contribution is -1.83. The molecule has 0 N–H and O–H groups in total. The van der Waals surface area contributed by atoms with E-state index in [4.69, 9.17) is 34.8 Å². The molecule has 0 unspecified atom stereocenters. The highest BCUT2D eigenvalue weighted by atomic mass is 79.9. The lowest BCUT2D eigenvalue weighted by atomic mass is 10.2. The first-order valence-corrected chi connectivity index (χ1v) is 5.61. The number of nitrogens with zero attached hydrogens (tertiary/aromatic N) is 1. The van der Waals surface area contributed by atoms with Gasteiger partial charge in [-0.2, -0.15) is 0 Å². The van der Waals surface area contributed by atoms with Crippen molar-refractivity contribution in [3.8, 4) is 0 Å². The average Bonchev–Trinajstić information content (AvgIpc) is 2.07. The molecule has 0 radical (unpaired) electrons. The molecule has 2 aromatic rings. The summed E-state index contributed by atoms with van der Waals surface area (Å²) in [6.07, 6.45) is 0. The molecule has 0 aliphatic carbocycles. The second kappa shape index (κ2) is 3.86. The van der Waals surface area contributed by atoms with Crippen LogP contribution in [0.2, 0.25) is 15.2 Å². The summed E-state index contributed by atoms with van der Waals surface area (Å²) >= 11 is 21.0. The molecule has 2 rings (SSSR count). The van der Waals surface area contributed by atoms with E-state index in [1.807, 2.05) is 0 Å². The van der Waals surface area contributed by atoms with Crippen LogP contribution in [-0.4, -0.2) is 4.98 Å². The lowest BCUT2D eigenvalue weighted by molar-refractivity contribution is 1.40. The number of aromatic nitrogens is 1. The molecule has 0 amide bonds. The van der Waals surface area contributed by atoms with E-state index in [1.165, 1.54) is 0 Å². The normalized spacial score (nSPS) is 10.9. The Morgan fingerprint density at radius 3 is 2.50 bits per heavy atom. The Morgan fingerprint density at radius 1 is 1.07 bits per heavy atom. The van der Waals surface area contributed by atoms with Crippen molar-refractivity contribution in [3.05, 3.63) is 37.9 Å². The van der Waals surface area contributed by atoms with Gasteiger partial charge in [-0.1, -0.05) is 34.8 Å². The smallest absolute Gasteiger partial charge is 0.131 e. The molecule has 0 atom stereocenters. The number of benzene rings is 1. The van der Waals surface area contributed by atoms with Crippen molar-refractivity contribution < 1.29 is 0 Å². The molecule has 1 aromatic heterocycles. The van der Waals surface area contributed by atoms with Crippen LogP contribution < -0.4 is 0 Å². The van der Waals surface area contributed by atoms with Gasteiger partial charge in [0, 0.05) is 14.9 Å². The van der Waals surface area contributed by atoms with Crippen molar-refractivity contribution in [3.63, 3.8) is 0 Å². The van der Waals surface area contributed by atoms with Gasteiger partial charge in [-0.25, -0.2) is 4.98 Å². The number of hydrogen-bond acceptors (Lipinski definition) is 1. The Hall–Kier alpha value is -0.0200. The van der Waals surface area contributed by atoms with E-state index in [0.717, 1.165) is 9.86 Å². The zero-order valence-electron chi connectivity index (χ0n) is 6.69. The van der Waals surface area contributed by atoms with Gasteiger partial charge < -0.3 is 0 Å². The molecule has 1 heterocycles. The number of halogens is 4. The zero-order chi connectivity index (χ0) is 10.3. The average molecular weight is 311 g/mol. The minimum Gasteiger partial charge on any atom is -0.235 e. The fraction of sp³-hybridized carbons (Fsp3) is 0. The van der Waals surface area contributed by atoms with Crippen LogP contribution in [0.15, 0.2) is 22.7 Å². The molecular formula is C9H3BrCl3N. The molecule has 5 heteroatoms. The standard InChI is InChI=1S/C9H3BrCl3N/c10-6-2-4(11)1-5-7(12)3-8(13)14-9(5)6/h1-3H. The molecule has 0 aliphatic rings. The molecular weight excluding hydrogens is 308 g/mol. The molecule has 0 bridgehead atoms. The first-order chi connectivity index (χ1) is 6.58. The predicted octanol–water partition coefficient (Wildman–Crippen LogP) is 4.96. The van der Waals surface area contributed by atoms with Gasteiger partial charge >= 0.3 is 0 Å². The lowest BCUT2D eigenvalue weighted by Gasteiger charge is -2.03. The van der Waals surface area contributed by atoms with Gasteiger partial charge in [0.05, 0.1) is 10.5 Å². The summed E-state index contributed by atoms with van der Waals surface area (Å²) < 4.78 is 0.782. The summed E-state index contributed by atoms with van der Waals surface area (Å²) in [5.41, 5.74) is 0.715. The van der Waals surface area contributed by atoms with Gasteiger partial charge in [0.2, 0.25) is 0 Å². The van der Waals surface area contributed by atoms with E-state index in [1.54, 1.807) is 18.2 Å². The zero-order valence-corrected chi connectivity index (χ0v) is 10.5. The van der Waals surface area contributed by atoms with Gasteiger partial charge in [0.25, 0.3) is 0 Å². The third kappa shape index (κ3) is 1.84. The maximum Gasteiger partial charge on any atom is 0.131 e. The first-order valence-electron chi connectivity index (χ1n) is 3.69. The van der Waals surface area contributed by atoms with E-state index in [2.05, 4.69) is 20.9 Å². The van der Waals surface area contributed by atoms with E-state index in [-0.39, 0.29) is 0 Å². The molecule has 72 valence electrons. The quantitative estimate of drug-likeness (QED) is 0.627. The summed E-state index contributed by atoms with van der Waals surface area (Å²) in [7, 11) is 0. The summed E-state index contributed by atoms with van der Waals surface area (Å²) in [6.45, 7) is 0. The SMILES string of the molecule is Clc1cc(Br)c2nc(Cl)cc(Cl)c2c1. The van der Waals surface area contributed by atoms with Crippen molar-refractivity contribution in [1.29, 1.82) is 0 Å². The summed E-state index contributed by atoms with van der Waals surface area (Å²) in [5.74, 6) is 0. The maximum absolute atomic E-state index is 6.00. The van der Waals surface area contributed by atoms with Gasteiger partial charge in [-0.15, -0.1) is 0 Å². The minimum atomic E-state index is 0.366. The van der Waals surface area contributed by atoms with E-state index >= 15 is 0 Å². The van der Waals surface area contributed by atoms with Crippen LogP contribution in [0.3, 0.4) is 0 Å². The number of hydrogen-bond donors (Lipinski definition) is 0. The number of fused-ring (bicyclic) bond motifs is 1. The van der Waals surface area contributed by atoms with Crippen LogP contribution in [0.25, 0.3) is 10.9 Å². The predicted molar refractivity (Wildman–Crippen MR) is 64.5 cm³/mol. The Labute approximate surface area is 104 Å². The Bertz CT molecular complexity index is 466. The largest absolute Gasteiger partial charge is 0.235 e. The van der Waals surface area contributed by atoms with E-state index in [0.29, 0.717) is 20.7 Å². The van der Waals surface area contributed by atoms with Gasteiger partial charge in [-0.05, 0) is 34.1 Å². The summed E-state index contributed by atoms with van der Waals surface area (Å²) in [6, 6.07) is 5.10. The van der Waals surface area contributed by atoms with Gasteiger partial charge in [0.15, 0.2) is 0 Å². The highest BCUT2D eigenvalue weighted by molar-refractivity contribution is 9.10. The van der Waals surface area contributed by atoms with Crippen LogP contribution in [0.5, 0.6) is 0 Å². The van der Waals surface area contributed by atoms with Crippen molar-refractivity contribution in [2.75, 3.05) is 0 Å². The molecule has 0 spiro atoms. The van der Waals surface area contributed by atoms with Crippen LogP contribution in [0, 0.1) is 0 Å². The fourth-order valence-electron chi connectivity index (χ4n) is 1.18. The Balaban J connectivity index is 2.94. The molecule has 1 nitrogen and oxygen atoms in total. The summed E-state index contributed by atoms with van der Waals surface area (Å²) in [4.78, 5) is 4.15. The van der Waals surface area contributed by atoms with Crippen LogP contribution in [-0.2, 0) is 0 Å². The maximum atomic E-state index is 6.00. The first kappa shape index (κ1) is 10.5. The van der Waals surface area contributed by atoms with Crippen molar-refractivity contribution in [1.82, 2.24) is 4.98 Å². The molecule has 1 aromatic carbocycles. The van der Waals surface area contributed by atoms with Crippen molar-refractivity contribution in [2.24, 2.45) is 0 Å². The number of pyridine rings is 1.